The van der Waals surface area contributed by atoms with Gasteiger partial charge in [0.15, 0.2) is 0 Å². The summed E-state index contributed by atoms with van der Waals surface area (Å²) < 4.78 is 36.7. The Bertz CT molecular complexity index is 857. The number of ether oxygens (including phenoxy) is 2. The zero-order chi connectivity index (χ0) is 19.1. The Morgan fingerprint density at radius 2 is 1.96 bits per heavy atom. The van der Waals surface area contributed by atoms with E-state index in [2.05, 4.69) is 26.2 Å². The van der Waals surface area contributed by atoms with E-state index < -0.39 is 6.61 Å². The van der Waals surface area contributed by atoms with Crippen molar-refractivity contribution in [3.8, 4) is 11.5 Å². The van der Waals surface area contributed by atoms with Crippen molar-refractivity contribution in [3.05, 3.63) is 71.8 Å². The van der Waals surface area contributed by atoms with Gasteiger partial charge in [-0.25, -0.2) is 9.67 Å². The molecule has 2 aromatic carbocycles. The molecule has 0 spiro atoms. The van der Waals surface area contributed by atoms with Crippen LogP contribution in [0.5, 0.6) is 11.5 Å². The van der Waals surface area contributed by atoms with E-state index in [-0.39, 0.29) is 5.75 Å². The highest BCUT2D eigenvalue weighted by molar-refractivity contribution is 5.40. The van der Waals surface area contributed by atoms with Crippen molar-refractivity contribution in [2.45, 2.75) is 26.2 Å². The minimum absolute atomic E-state index is 0.137. The Hall–Kier alpha value is -3.00. The van der Waals surface area contributed by atoms with Gasteiger partial charge < -0.3 is 14.8 Å². The second-order valence-electron chi connectivity index (χ2n) is 5.87. The average Bonchev–Trinajstić information content (AvgIpc) is 3.16. The van der Waals surface area contributed by atoms with Gasteiger partial charge >= 0.3 is 6.61 Å². The minimum Gasteiger partial charge on any atom is -0.497 e. The molecule has 0 saturated carbocycles. The molecule has 0 fully saturated rings. The maximum Gasteiger partial charge on any atom is 0.387 e. The lowest BCUT2D eigenvalue weighted by Gasteiger charge is -2.13. The molecule has 0 bridgehead atoms. The van der Waals surface area contributed by atoms with Gasteiger partial charge in [-0.3, -0.25) is 0 Å². The average molecular weight is 374 g/mol. The number of nitrogens with one attached hydrogen (secondary N) is 1. The van der Waals surface area contributed by atoms with E-state index in [0.717, 1.165) is 11.1 Å². The fourth-order valence-electron chi connectivity index (χ4n) is 2.71. The highest BCUT2D eigenvalue weighted by Gasteiger charge is 2.11. The Balaban J connectivity index is 1.62. The summed E-state index contributed by atoms with van der Waals surface area (Å²) in [5.41, 5.74) is 2.78. The molecule has 0 amide bonds. The number of alkyl halides is 2. The molecule has 3 aromatic rings. The quantitative estimate of drug-likeness (QED) is 0.623. The van der Waals surface area contributed by atoms with Gasteiger partial charge in [0.25, 0.3) is 0 Å². The first-order valence-corrected chi connectivity index (χ1v) is 8.36. The summed E-state index contributed by atoms with van der Waals surface area (Å²) in [6, 6.07) is 12.8. The molecule has 1 aromatic heterocycles. The van der Waals surface area contributed by atoms with E-state index in [0.29, 0.717) is 30.9 Å². The second kappa shape index (κ2) is 9.09. The normalized spacial score (nSPS) is 11.0. The van der Waals surface area contributed by atoms with Crippen LogP contribution >= 0.6 is 0 Å². The van der Waals surface area contributed by atoms with Crippen LogP contribution in [0.15, 0.2) is 55.1 Å². The van der Waals surface area contributed by atoms with Crippen molar-refractivity contribution >= 4 is 0 Å². The van der Waals surface area contributed by atoms with E-state index in [1.807, 2.05) is 18.2 Å². The third-order valence-corrected chi connectivity index (χ3v) is 3.93. The number of hydrogen-bond acceptors (Lipinski definition) is 5. The molecule has 142 valence electrons. The molecular formula is C19H20F2N4O2. The molecule has 8 heteroatoms. The fourth-order valence-corrected chi connectivity index (χ4v) is 2.71. The van der Waals surface area contributed by atoms with Gasteiger partial charge in [-0.05, 0) is 29.3 Å². The zero-order valence-electron chi connectivity index (χ0n) is 14.8. The molecule has 0 aliphatic rings. The molecule has 0 unspecified atom stereocenters. The predicted octanol–water partition coefficient (Wildman–Crippen LogP) is 3.23. The van der Waals surface area contributed by atoms with E-state index in [1.54, 1.807) is 23.1 Å². The number of methoxy groups -OCH3 is 1. The standard InChI is InChI=1S/C19H20F2N4O2/c1-26-17-5-6-18(27-19(20)21)16(8-17)10-22-9-14-3-2-4-15(7-14)11-25-13-23-12-24-25/h2-8,12-13,19,22H,9-11H2,1H3. The first-order chi connectivity index (χ1) is 13.1. The van der Waals surface area contributed by atoms with Crippen LogP contribution in [0.2, 0.25) is 0 Å². The van der Waals surface area contributed by atoms with Crippen molar-refractivity contribution in [1.82, 2.24) is 20.1 Å². The number of rotatable bonds is 9. The molecule has 0 aliphatic heterocycles. The topological polar surface area (TPSA) is 61.2 Å². The third kappa shape index (κ3) is 5.49. The summed E-state index contributed by atoms with van der Waals surface area (Å²) >= 11 is 0. The maximum absolute atomic E-state index is 12.6. The SMILES string of the molecule is COc1ccc(OC(F)F)c(CNCc2cccc(Cn3cncn3)c2)c1. The van der Waals surface area contributed by atoms with Crippen LogP contribution in [0.4, 0.5) is 8.78 Å². The van der Waals surface area contributed by atoms with Crippen LogP contribution in [0, 0.1) is 0 Å². The maximum atomic E-state index is 12.6. The van der Waals surface area contributed by atoms with Crippen molar-refractivity contribution in [2.75, 3.05) is 7.11 Å². The monoisotopic (exact) mass is 374 g/mol. The highest BCUT2D eigenvalue weighted by Crippen LogP contribution is 2.25. The van der Waals surface area contributed by atoms with E-state index in [4.69, 9.17) is 4.74 Å². The molecule has 0 aliphatic carbocycles. The van der Waals surface area contributed by atoms with Gasteiger partial charge in [-0.2, -0.15) is 13.9 Å². The first-order valence-electron chi connectivity index (χ1n) is 8.36. The third-order valence-electron chi connectivity index (χ3n) is 3.93. The van der Waals surface area contributed by atoms with Crippen molar-refractivity contribution in [2.24, 2.45) is 0 Å². The molecule has 1 N–H and O–H groups in total. The molecule has 3 rings (SSSR count). The van der Waals surface area contributed by atoms with Crippen LogP contribution in [0.1, 0.15) is 16.7 Å². The van der Waals surface area contributed by atoms with Crippen LogP contribution in [0.3, 0.4) is 0 Å². The van der Waals surface area contributed by atoms with Gasteiger partial charge in [-0.15, -0.1) is 0 Å². The second-order valence-corrected chi connectivity index (χ2v) is 5.87. The summed E-state index contributed by atoms with van der Waals surface area (Å²) in [5, 5.41) is 7.35. The van der Waals surface area contributed by atoms with Gasteiger partial charge in [0, 0.05) is 18.7 Å². The first kappa shape index (κ1) is 18.8. The smallest absolute Gasteiger partial charge is 0.387 e. The van der Waals surface area contributed by atoms with E-state index >= 15 is 0 Å². The summed E-state index contributed by atoms with van der Waals surface area (Å²) in [7, 11) is 1.53. The molecule has 0 atom stereocenters. The number of benzene rings is 2. The number of halogens is 2. The van der Waals surface area contributed by atoms with Gasteiger partial charge in [-0.1, -0.05) is 24.3 Å². The molecule has 27 heavy (non-hydrogen) atoms. The lowest BCUT2D eigenvalue weighted by molar-refractivity contribution is -0.0505. The summed E-state index contributed by atoms with van der Waals surface area (Å²) in [5.74, 6) is 0.724. The lowest BCUT2D eigenvalue weighted by atomic mass is 10.1. The summed E-state index contributed by atoms with van der Waals surface area (Å²) in [6.45, 7) is -1.29. The molecule has 0 saturated heterocycles. The molecule has 0 radical (unpaired) electrons. The Kier molecular flexibility index (Phi) is 6.32. The van der Waals surface area contributed by atoms with Crippen molar-refractivity contribution in [3.63, 3.8) is 0 Å². The number of aromatic nitrogens is 3. The van der Waals surface area contributed by atoms with E-state index in [1.165, 1.54) is 19.5 Å². The van der Waals surface area contributed by atoms with Crippen LogP contribution in [-0.2, 0) is 19.6 Å². The van der Waals surface area contributed by atoms with Crippen molar-refractivity contribution < 1.29 is 18.3 Å². The van der Waals surface area contributed by atoms with Crippen LogP contribution in [0.25, 0.3) is 0 Å². The van der Waals surface area contributed by atoms with Gasteiger partial charge in [0.05, 0.1) is 13.7 Å². The van der Waals surface area contributed by atoms with Crippen LogP contribution in [-0.4, -0.2) is 28.5 Å². The van der Waals surface area contributed by atoms with Crippen LogP contribution < -0.4 is 14.8 Å². The van der Waals surface area contributed by atoms with Gasteiger partial charge in [0.2, 0.25) is 0 Å². The van der Waals surface area contributed by atoms with Gasteiger partial charge in [0.1, 0.15) is 24.2 Å². The Morgan fingerprint density at radius 3 is 2.70 bits per heavy atom. The zero-order valence-corrected chi connectivity index (χ0v) is 14.8. The Morgan fingerprint density at radius 1 is 1.11 bits per heavy atom. The lowest BCUT2D eigenvalue weighted by Crippen LogP contribution is -2.15. The Labute approximate surface area is 155 Å². The molecule has 1 heterocycles. The predicted molar refractivity (Wildman–Crippen MR) is 95.7 cm³/mol. The molecular weight excluding hydrogens is 354 g/mol. The number of hydrogen-bond donors (Lipinski definition) is 1. The highest BCUT2D eigenvalue weighted by atomic mass is 19.3. The molecule has 6 nitrogen and oxygen atoms in total. The number of nitrogens with zero attached hydrogens (tertiary/aromatic N) is 3. The largest absolute Gasteiger partial charge is 0.497 e. The fraction of sp³-hybridized carbons (Fsp3) is 0.263. The summed E-state index contributed by atoms with van der Waals surface area (Å²) in [4.78, 5) is 3.93. The van der Waals surface area contributed by atoms with E-state index in [9.17, 15) is 8.78 Å². The van der Waals surface area contributed by atoms with Crippen molar-refractivity contribution in [1.29, 1.82) is 0 Å². The minimum atomic E-state index is -2.87. The summed E-state index contributed by atoms with van der Waals surface area (Å²) in [6.07, 6.45) is 3.16.